The van der Waals surface area contributed by atoms with Crippen molar-refractivity contribution in [3.63, 3.8) is 0 Å². The Morgan fingerprint density at radius 2 is 1.65 bits per heavy atom. The van der Waals surface area contributed by atoms with Crippen LogP contribution < -0.4 is 5.32 Å². The van der Waals surface area contributed by atoms with Gasteiger partial charge in [-0.15, -0.1) is 0 Å². The number of aliphatic carboxylic acids is 1. The monoisotopic (exact) mass is 435 g/mol. The number of unbranched alkanes of at least 4 members (excludes halogenated alkanes) is 2. The van der Waals surface area contributed by atoms with E-state index >= 15 is 0 Å². The molecule has 1 rings (SSSR count). The van der Waals surface area contributed by atoms with Crippen molar-refractivity contribution in [1.82, 2.24) is 5.32 Å². The fourth-order valence-corrected chi connectivity index (χ4v) is 3.04. The lowest BCUT2D eigenvalue weighted by Crippen LogP contribution is -2.44. The van der Waals surface area contributed by atoms with Gasteiger partial charge in [-0.3, -0.25) is 9.59 Å². The van der Waals surface area contributed by atoms with E-state index in [9.17, 15) is 14.4 Å². The number of hydrogen-bond donors (Lipinski definition) is 2. The maximum Gasteiger partial charge on any atom is 0.407 e. The van der Waals surface area contributed by atoms with Gasteiger partial charge in [-0.25, -0.2) is 4.79 Å². The summed E-state index contributed by atoms with van der Waals surface area (Å²) in [5.74, 6) is -0.690. The van der Waals surface area contributed by atoms with E-state index in [0.717, 1.165) is 12.0 Å². The first-order chi connectivity index (χ1) is 14.6. The average molecular weight is 436 g/mol. The van der Waals surface area contributed by atoms with Crippen molar-refractivity contribution in [2.45, 2.75) is 97.0 Å². The number of carboxylic acid groups (broad SMARTS) is 1. The molecule has 1 aromatic rings. The molecule has 7 nitrogen and oxygen atoms in total. The molecule has 174 valence electrons. The third-order valence-corrected chi connectivity index (χ3v) is 4.66. The minimum Gasteiger partial charge on any atom is -0.481 e. The number of ether oxygens (including phenoxy) is 2. The first-order valence-corrected chi connectivity index (χ1v) is 11.0. The number of ketones is 1. The van der Waals surface area contributed by atoms with Crippen molar-refractivity contribution in [2.75, 3.05) is 0 Å². The average Bonchev–Trinajstić information content (AvgIpc) is 2.66. The minimum atomic E-state index is -0.809. The van der Waals surface area contributed by atoms with Crippen LogP contribution in [0.1, 0.15) is 78.2 Å². The highest BCUT2D eigenvalue weighted by molar-refractivity contribution is 5.78. The molecule has 0 saturated heterocycles. The molecule has 0 bridgehead atoms. The number of alkyl carbamates (subject to hydrolysis) is 1. The van der Waals surface area contributed by atoms with Gasteiger partial charge in [0.1, 0.15) is 11.4 Å². The number of carboxylic acids is 1. The predicted molar refractivity (Wildman–Crippen MR) is 119 cm³/mol. The summed E-state index contributed by atoms with van der Waals surface area (Å²) in [4.78, 5) is 34.9. The molecule has 0 aliphatic carbocycles. The van der Waals surface area contributed by atoms with E-state index in [1.165, 1.54) is 0 Å². The van der Waals surface area contributed by atoms with E-state index in [-0.39, 0.29) is 24.3 Å². The Labute approximate surface area is 185 Å². The van der Waals surface area contributed by atoms with E-state index in [1.54, 1.807) is 20.8 Å². The molecule has 2 N–H and O–H groups in total. The molecule has 0 aliphatic rings. The summed E-state index contributed by atoms with van der Waals surface area (Å²) in [5.41, 5.74) is 0.419. The topological polar surface area (TPSA) is 102 Å². The number of amides is 1. The third-order valence-electron chi connectivity index (χ3n) is 4.66. The molecular weight excluding hydrogens is 398 g/mol. The lowest BCUT2D eigenvalue weighted by atomic mass is 10.0. The maximum atomic E-state index is 12.3. The van der Waals surface area contributed by atoms with Crippen LogP contribution in [-0.4, -0.2) is 40.7 Å². The van der Waals surface area contributed by atoms with Crippen LogP contribution in [0.2, 0.25) is 0 Å². The highest BCUT2D eigenvalue weighted by Crippen LogP contribution is 2.15. The highest BCUT2D eigenvalue weighted by atomic mass is 16.6. The van der Waals surface area contributed by atoms with Gasteiger partial charge in [0.2, 0.25) is 0 Å². The molecule has 0 spiro atoms. The number of benzene rings is 1. The smallest absolute Gasteiger partial charge is 0.407 e. The first kappa shape index (κ1) is 26.6. The second-order valence-electron chi connectivity index (χ2n) is 8.80. The van der Waals surface area contributed by atoms with Crippen LogP contribution in [0, 0.1) is 0 Å². The molecule has 1 aromatic carbocycles. The molecule has 0 fully saturated rings. The fraction of sp³-hybridized carbons (Fsp3) is 0.625. The summed E-state index contributed by atoms with van der Waals surface area (Å²) in [6.45, 7) is 7.63. The Hall–Kier alpha value is -2.41. The number of rotatable bonds is 14. The fourth-order valence-electron chi connectivity index (χ4n) is 3.04. The van der Waals surface area contributed by atoms with Crippen LogP contribution in [0.25, 0.3) is 0 Å². The van der Waals surface area contributed by atoms with Crippen LogP contribution in [0.15, 0.2) is 30.3 Å². The van der Waals surface area contributed by atoms with Gasteiger partial charge in [0.25, 0.3) is 0 Å². The zero-order chi connectivity index (χ0) is 23.3. The van der Waals surface area contributed by atoms with Crippen molar-refractivity contribution in [3.8, 4) is 0 Å². The maximum absolute atomic E-state index is 12.3. The highest BCUT2D eigenvalue weighted by Gasteiger charge is 2.24. The lowest BCUT2D eigenvalue weighted by Gasteiger charge is -2.27. The second kappa shape index (κ2) is 13.8. The Balaban J connectivity index is 2.55. The normalized spacial score (nSPS) is 13.3. The number of carbonyl (C=O) groups is 3. The van der Waals surface area contributed by atoms with Crippen molar-refractivity contribution < 1.29 is 29.0 Å². The zero-order valence-corrected chi connectivity index (χ0v) is 19.2. The van der Waals surface area contributed by atoms with Gasteiger partial charge >= 0.3 is 12.1 Å². The second-order valence-corrected chi connectivity index (χ2v) is 8.80. The van der Waals surface area contributed by atoms with E-state index in [0.29, 0.717) is 38.7 Å². The Bertz CT molecular complexity index is 683. The van der Waals surface area contributed by atoms with Crippen molar-refractivity contribution in [1.29, 1.82) is 0 Å². The van der Waals surface area contributed by atoms with E-state index in [2.05, 4.69) is 5.32 Å². The van der Waals surface area contributed by atoms with Gasteiger partial charge in [-0.1, -0.05) is 36.8 Å². The molecule has 2 atom stereocenters. The third kappa shape index (κ3) is 13.5. The zero-order valence-electron chi connectivity index (χ0n) is 19.2. The standard InChI is InChI=1S/C24H37NO6/c1-18(25-23(29)31-24(2,3)4)21(30-17-19-11-7-5-8-12-19)16-15-20(26)13-9-6-10-14-22(27)28/h5,7-8,11-12,18,21H,6,9-10,13-17H2,1-4H3,(H,25,29)(H,27,28)/t18-,21-/m0/s1. The first-order valence-electron chi connectivity index (χ1n) is 11.0. The van der Waals surface area contributed by atoms with Crippen LogP contribution in [0.5, 0.6) is 0 Å². The Morgan fingerprint density at radius 1 is 1.00 bits per heavy atom. The number of Topliss-reactive ketones (excluding diaryl/α,β-unsaturated/α-hetero) is 1. The quantitative estimate of drug-likeness (QED) is 0.404. The van der Waals surface area contributed by atoms with Gasteiger partial charge in [0, 0.05) is 19.3 Å². The summed E-state index contributed by atoms with van der Waals surface area (Å²) in [7, 11) is 0. The van der Waals surface area contributed by atoms with Crippen molar-refractivity contribution >= 4 is 17.8 Å². The van der Waals surface area contributed by atoms with Crippen LogP contribution in [0.3, 0.4) is 0 Å². The molecule has 0 unspecified atom stereocenters. The largest absolute Gasteiger partial charge is 0.481 e. The summed E-state index contributed by atoms with van der Waals surface area (Å²) >= 11 is 0. The number of carbonyl (C=O) groups excluding carboxylic acids is 2. The van der Waals surface area contributed by atoms with Crippen LogP contribution >= 0.6 is 0 Å². The van der Waals surface area contributed by atoms with Crippen molar-refractivity contribution in [2.24, 2.45) is 0 Å². The molecule has 0 saturated carbocycles. The summed E-state index contributed by atoms with van der Waals surface area (Å²) in [5, 5.41) is 11.5. The molecule has 7 heteroatoms. The van der Waals surface area contributed by atoms with Gasteiger partial charge in [-0.2, -0.15) is 0 Å². The number of nitrogens with one attached hydrogen (secondary N) is 1. The molecule has 31 heavy (non-hydrogen) atoms. The SMILES string of the molecule is C[C@H](NC(=O)OC(C)(C)C)[C@H](CCC(=O)CCCCCC(=O)O)OCc1ccccc1. The van der Waals surface area contributed by atoms with Gasteiger partial charge < -0.3 is 19.9 Å². The van der Waals surface area contributed by atoms with Gasteiger partial charge in [-0.05, 0) is 52.5 Å². The summed E-state index contributed by atoms with van der Waals surface area (Å²) in [6.07, 6.45) is 2.53. The Kier molecular flexibility index (Phi) is 11.9. The summed E-state index contributed by atoms with van der Waals surface area (Å²) < 4.78 is 11.4. The number of hydrogen-bond acceptors (Lipinski definition) is 5. The van der Waals surface area contributed by atoms with E-state index in [4.69, 9.17) is 14.6 Å². The van der Waals surface area contributed by atoms with Crippen LogP contribution in [0.4, 0.5) is 4.79 Å². The van der Waals surface area contributed by atoms with Crippen LogP contribution in [-0.2, 0) is 25.7 Å². The molecule has 0 heterocycles. The van der Waals surface area contributed by atoms with Gasteiger partial charge in [0.05, 0.1) is 18.8 Å². The molecule has 0 aliphatic heterocycles. The summed E-state index contributed by atoms with van der Waals surface area (Å²) in [6, 6.07) is 9.40. The van der Waals surface area contributed by atoms with E-state index < -0.39 is 17.7 Å². The predicted octanol–water partition coefficient (Wildman–Crippen LogP) is 4.87. The lowest BCUT2D eigenvalue weighted by molar-refractivity contribution is -0.137. The van der Waals surface area contributed by atoms with Crippen molar-refractivity contribution in [3.05, 3.63) is 35.9 Å². The van der Waals surface area contributed by atoms with E-state index in [1.807, 2.05) is 37.3 Å². The Morgan fingerprint density at radius 3 is 2.26 bits per heavy atom. The molecule has 0 radical (unpaired) electrons. The molecule has 0 aromatic heterocycles. The molecule has 1 amide bonds. The molecular formula is C24H37NO6. The minimum absolute atomic E-state index is 0.119. The van der Waals surface area contributed by atoms with Gasteiger partial charge in [0.15, 0.2) is 0 Å².